The van der Waals surface area contributed by atoms with Crippen molar-refractivity contribution in [1.82, 2.24) is 20.1 Å². The first-order valence-corrected chi connectivity index (χ1v) is 8.17. The van der Waals surface area contributed by atoms with Crippen LogP contribution in [-0.2, 0) is 6.54 Å². The minimum Gasteiger partial charge on any atom is -0.334 e. The van der Waals surface area contributed by atoms with Crippen LogP contribution in [0, 0.1) is 0 Å². The molecule has 0 radical (unpaired) electrons. The first-order valence-electron chi connectivity index (χ1n) is 7.36. The Hall–Kier alpha value is -2.21. The number of fused-ring (bicyclic) bond motifs is 1. The largest absolute Gasteiger partial charge is 0.334 e. The number of hydrogen-bond donors (Lipinski definition) is 1. The lowest BCUT2D eigenvalue weighted by Gasteiger charge is -2.13. The Balaban J connectivity index is 1.50. The summed E-state index contributed by atoms with van der Waals surface area (Å²) in [7, 11) is 1.79. The second-order valence-electron chi connectivity index (χ2n) is 5.72. The van der Waals surface area contributed by atoms with Gasteiger partial charge >= 0.3 is 0 Å². The third kappa shape index (κ3) is 2.50. The monoisotopic (exact) mass is 312 g/mol. The number of rotatable bonds is 4. The van der Waals surface area contributed by atoms with Crippen molar-refractivity contribution < 1.29 is 4.79 Å². The number of aromatic amines is 1. The fourth-order valence-electron chi connectivity index (χ4n) is 2.51. The van der Waals surface area contributed by atoms with E-state index >= 15 is 0 Å². The molecule has 5 nitrogen and oxygen atoms in total. The van der Waals surface area contributed by atoms with E-state index in [2.05, 4.69) is 15.2 Å². The predicted octanol–water partition coefficient (Wildman–Crippen LogP) is 3.17. The van der Waals surface area contributed by atoms with Crippen molar-refractivity contribution in [2.45, 2.75) is 25.3 Å². The number of nitrogens with one attached hydrogen (secondary N) is 1. The number of para-hydroxylation sites is 1. The second kappa shape index (κ2) is 5.21. The van der Waals surface area contributed by atoms with E-state index in [0.717, 1.165) is 20.9 Å². The highest BCUT2D eigenvalue weighted by Gasteiger charge is 2.27. The molecule has 0 spiro atoms. The molecule has 0 bridgehead atoms. The van der Waals surface area contributed by atoms with Crippen molar-refractivity contribution in [3.8, 4) is 0 Å². The van der Waals surface area contributed by atoms with Crippen LogP contribution in [0.3, 0.4) is 0 Å². The lowest BCUT2D eigenvalue weighted by molar-refractivity contribution is 0.0779. The number of carbonyl (C=O) groups is 1. The number of nitrogens with zero attached hydrogens (tertiary/aromatic N) is 3. The average molecular weight is 312 g/mol. The molecule has 1 aliphatic rings. The van der Waals surface area contributed by atoms with Gasteiger partial charge in [0.1, 0.15) is 10.7 Å². The van der Waals surface area contributed by atoms with Gasteiger partial charge in [-0.2, -0.15) is 5.10 Å². The topological polar surface area (TPSA) is 61.9 Å². The van der Waals surface area contributed by atoms with Crippen LogP contribution in [-0.4, -0.2) is 33.0 Å². The van der Waals surface area contributed by atoms with Crippen molar-refractivity contribution in [2.24, 2.45) is 0 Å². The van der Waals surface area contributed by atoms with E-state index in [1.54, 1.807) is 23.3 Å². The molecule has 0 unspecified atom stereocenters. The summed E-state index contributed by atoms with van der Waals surface area (Å²) in [5, 5.41) is 8.07. The van der Waals surface area contributed by atoms with E-state index in [-0.39, 0.29) is 5.91 Å². The van der Waals surface area contributed by atoms with Gasteiger partial charge in [0.15, 0.2) is 0 Å². The lowest BCUT2D eigenvalue weighted by atomic mass is 10.2. The van der Waals surface area contributed by atoms with E-state index in [4.69, 9.17) is 0 Å². The Labute approximate surface area is 132 Å². The summed E-state index contributed by atoms with van der Waals surface area (Å²) in [4.78, 5) is 18.7. The lowest BCUT2D eigenvalue weighted by Crippen LogP contribution is -2.26. The van der Waals surface area contributed by atoms with Crippen molar-refractivity contribution in [1.29, 1.82) is 0 Å². The minimum absolute atomic E-state index is 0.0672. The molecule has 1 aromatic carbocycles. The molecule has 0 atom stereocenters. The van der Waals surface area contributed by atoms with Crippen LogP contribution < -0.4 is 0 Å². The highest BCUT2D eigenvalue weighted by atomic mass is 32.1. The number of H-pyrrole nitrogens is 1. The van der Waals surface area contributed by atoms with Crippen LogP contribution in [0.4, 0.5) is 0 Å². The Morgan fingerprint density at radius 1 is 1.41 bits per heavy atom. The second-order valence-corrected chi connectivity index (χ2v) is 6.83. The smallest absolute Gasteiger partial charge is 0.274 e. The fraction of sp³-hybridized carbons (Fsp3) is 0.312. The Morgan fingerprint density at radius 3 is 3.00 bits per heavy atom. The quantitative estimate of drug-likeness (QED) is 0.805. The molecule has 3 aromatic rings. The van der Waals surface area contributed by atoms with Crippen LogP contribution >= 0.6 is 11.3 Å². The number of hydrogen-bond acceptors (Lipinski definition) is 4. The molecule has 1 saturated carbocycles. The summed E-state index contributed by atoms with van der Waals surface area (Å²) in [6, 6.07) is 9.90. The summed E-state index contributed by atoms with van der Waals surface area (Å²) in [5.41, 5.74) is 2.56. The van der Waals surface area contributed by atoms with E-state index in [1.165, 1.54) is 12.8 Å². The van der Waals surface area contributed by atoms with Gasteiger partial charge in [-0.05, 0) is 31.0 Å². The van der Waals surface area contributed by atoms with Crippen LogP contribution in [0.1, 0.15) is 39.9 Å². The molecule has 112 valence electrons. The SMILES string of the molecule is CN(Cc1nc2ccccc2s1)C(=O)c1cc(C2CC2)[nH]n1. The maximum absolute atomic E-state index is 12.4. The summed E-state index contributed by atoms with van der Waals surface area (Å²) < 4.78 is 1.15. The van der Waals surface area contributed by atoms with Gasteiger partial charge in [-0.3, -0.25) is 9.89 Å². The number of thiazole rings is 1. The summed E-state index contributed by atoms with van der Waals surface area (Å²) in [6.45, 7) is 0.504. The Morgan fingerprint density at radius 2 is 2.23 bits per heavy atom. The zero-order valence-corrected chi connectivity index (χ0v) is 13.1. The van der Waals surface area contributed by atoms with Crippen molar-refractivity contribution in [2.75, 3.05) is 7.05 Å². The number of amides is 1. The third-order valence-corrected chi connectivity index (χ3v) is 4.91. The first-order chi connectivity index (χ1) is 10.7. The van der Waals surface area contributed by atoms with Gasteiger partial charge in [-0.15, -0.1) is 11.3 Å². The van der Waals surface area contributed by atoms with Crippen LogP contribution in [0.5, 0.6) is 0 Å². The standard InChI is InChI=1S/C16H16N4OS/c1-20(9-15-17-11-4-2-3-5-14(11)22-15)16(21)13-8-12(18-19-13)10-6-7-10/h2-5,8,10H,6-7,9H2,1H3,(H,18,19). The fourth-order valence-corrected chi connectivity index (χ4v) is 3.53. The van der Waals surface area contributed by atoms with E-state index in [1.807, 2.05) is 30.3 Å². The van der Waals surface area contributed by atoms with Gasteiger partial charge in [-0.25, -0.2) is 4.98 Å². The summed E-state index contributed by atoms with van der Waals surface area (Å²) in [5.74, 6) is 0.506. The van der Waals surface area contributed by atoms with Crippen LogP contribution in [0.15, 0.2) is 30.3 Å². The van der Waals surface area contributed by atoms with E-state index < -0.39 is 0 Å². The van der Waals surface area contributed by atoms with Gasteiger partial charge in [-0.1, -0.05) is 12.1 Å². The Kier molecular flexibility index (Phi) is 3.18. The van der Waals surface area contributed by atoms with Crippen LogP contribution in [0.25, 0.3) is 10.2 Å². The summed E-state index contributed by atoms with van der Waals surface area (Å²) in [6.07, 6.45) is 2.38. The number of carbonyl (C=O) groups excluding carboxylic acids is 1. The summed E-state index contributed by atoms with van der Waals surface area (Å²) >= 11 is 1.63. The normalized spacial score (nSPS) is 14.4. The maximum Gasteiger partial charge on any atom is 0.274 e. The molecule has 1 N–H and O–H groups in total. The maximum atomic E-state index is 12.4. The first kappa shape index (κ1) is 13.5. The predicted molar refractivity (Wildman–Crippen MR) is 86.0 cm³/mol. The van der Waals surface area contributed by atoms with Crippen LogP contribution in [0.2, 0.25) is 0 Å². The van der Waals surface area contributed by atoms with Gasteiger partial charge in [0.05, 0.1) is 16.8 Å². The van der Waals surface area contributed by atoms with E-state index in [0.29, 0.717) is 18.2 Å². The molecule has 1 amide bonds. The zero-order valence-electron chi connectivity index (χ0n) is 12.2. The molecule has 6 heteroatoms. The number of benzene rings is 1. The van der Waals surface area contributed by atoms with Crippen molar-refractivity contribution >= 4 is 27.5 Å². The van der Waals surface area contributed by atoms with Gasteiger partial charge in [0.25, 0.3) is 5.91 Å². The average Bonchev–Trinajstić information content (AvgIpc) is 3.11. The molecule has 2 aromatic heterocycles. The van der Waals surface area contributed by atoms with Gasteiger partial charge in [0.2, 0.25) is 0 Å². The molecule has 2 heterocycles. The van der Waals surface area contributed by atoms with Crippen molar-refractivity contribution in [3.05, 3.63) is 46.7 Å². The molecule has 0 aliphatic heterocycles. The molecule has 22 heavy (non-hydrogen) atoms. The highest BCUT2D eigenvalue weighted by Crippen LogP contribution is 2.39. The molecular weight excluding hydrogens is 296 g/mol. The molecule has 0 saturated heterocycles. The molecule has 4 rings (SSSR count). The molecule has 1 fully saturated rings. The van der Waals surface area contributed by atoms with E-state index in [9.17, 15) is 4.79 Å². The highest BCUT2D eigenvalue weighted by molar-refractivity contribution is 7.18. The zero-order chi connectivity index (χ0) is 15.1. The van der Waals surface area contributed by atoms with Gasteiger partial charge < -0.3 is 4.90 Å². The molecule has 1 aliphatic carbocycles. The molecular formula is C16H16N4OS. The van der Waals surface area contributed by atoms with Gasteiger partial charge in [0, 0.05) is 18.7 Å². The number of aromatic nitrogens is 3. The minimum atomic E-state index is -0.0672. The Bertz CT molecular complexity index is 800. The van der Waals surface area contributed by atoms with Crippen molar-refractivity contribution in [3.63, 3.8) is 0 Å². The third-order valence-electron chi connectivity index (χ3n) is 3.89.